The van der Waals surface area contributed by atoms with Gasteiger partial charge in [-0.1, -0.05) is 6.07 Å². The van der Waals surface area contributed by atoms with Gasteiger partial charge in [-0.2, -0.15) is 0 Å². The molecule has 214 valence electrons. The lowest BCUT2D eigenvalue weighted by atomic mass is 10.0. The van der Waals surface area contributed by atoms with E-state index in [-0.39, 0.29) is 24.3 Å². The lowest BCUT2D eigenvalue weighted by molar-refractivity contribution is 0.0991. The smallest absolute Gasteiger partial charge is 0.266 e. The van der Waals surface area contributed by atoms with Gasteiger partial charge in [-0.05, 0) is 72.6 Å². The maximum atomic E-state index is 15.2. The first-order valence-corrected chi connectivity index (χ1v) is 13.0. The highest BCUT2D eigenvalue weighted by atomic mass is 19.1. The van der Waals surface area contributed by atoms with E-state index in [2.05, 4.69) is 4.98 Å². The molecule has 10 heteroatoms. The highest BCUT2D eigenvalue weighted by Crippen LogP contribution is 2.37. The van der Waals surface area contributed by atoms with Gasteiger partial charge in [0.15, 0.2) is 28.8 Å². The summed E-state index contributed by atoms with van der Waals surface area (Å²) >= 11 is 0. The number of nitrogens with two attached hydrogens (primary N) is 1. The Hall–Kier alpha value is -5.09. The summed E-state index contributed by atoms with van der Waals surface area (Å²) in [7, 11) is 3.02. The number of rotatable bonds is 9. The van der Waals surface area contributed by atoms with E-state index in [1.165, 1.54) is 67.4 Å². The third-order valence-corrected chi connectivity index (χ3v) is 6.89. The van der Waals surface area contributed by atoms with Crippen LogP contribution in [0.25, 0.3) is 16.6 Å². The van der Waals surface area contributed by atoms with Gasteiger partial charge in [0.05, 0.1) is 25.3 Å². The van der Waals surface area contributed by atoms with E-state index in [0.29, 0.717) is 50.7 Å². The second-order valence-corrected chi connectivity index (χ2v) is 9.51. The molecule has 5 aromatic rings. The van der Waals surface area contributed by atoms with Gasteiger partial charge in [0, 0.05) is 42.0 Å². The standard InChI is InChI=1S/C32H27F2N3O5/c1-18-12-23(32(39)37(26(18)17-35)21-7-5-20(33)6-8-21)27(38)14-19-4-9-29(24(34)13-19)42-28-10-11-36-25-16-31(41-3)30(40-2)15-22(25)28/h4-13,15-16H,14,17,35H2,1-3H3. The summed E-state index contributed by atoms with van der Waals surface area (Å²) in [5, 5.41) is 0.586. The summed E-state index contributed by atoms with van der Waals surface area (Å²) in [5.74, 6) is -0.411. The molecule has 42 heavy (non-hydrogen) atoms. The number of hydrogen-bond donors (Lipinski definition) is 1. The molecule has 5 rings (SSSR count). The fraction of sp³-hybridized carbons (Fsp3) is 0.156. The molecule has 0 fully saturated rings. The predicted molar refractivity (Wildman–Crippen MR) is 154 cm³/mol. The van der Waals surface area contributed by atoms with Crippen LogP contribution in [0.3, 0.4) is 0 Å². The number of methoxy groups -OCH3 is 2. The van der Waals surface area contributed by atoms with Crippen molar-refractivity contribution in [3.05, 3.63) is 117 Å². The topological polar surface area (TPSA) is 106 Å². The Morgan fingerprint density at radius 3 is 2.29 bits per heavy atom. The largest absolute Gasteiger partial charge is 0.493 e. The molecule has 0 aliphatic carbocycles. The van der Waals surface area contributed by atoms with Crippen LogP contribution in [-0.4, -0.2) is 29.6 Å². The maximum Gasteiger partial charge on any atom is 0.266 e. The maximum absolute atomic E-state index is 15.2. The van der Waals surface area contributed by atoms with Crippen LogP contribution in [0.5, 0.6) is 23.0 Å². The van der Waals surface area contributed by atoms with E-state index in [1.807, 2.05) is 0 Å². The number of nitrogens with zero attached hydrogens (tertiary/aromatic N) is 2. The zero-order valence-electron chi connectivity index (χ0n) is 23.1. The highest BCUT2D eigenvalue weighted by Gasteiger charge is 2.20. The van der Waals surface area contributed by atoms with Crippen LogP contribution < -0.4 is 25.5 Å². The summed E-state index contributed by atoms with van der Waals surface area (Å²) in [5.41, 5.74) is 7.64. The number of Topliss-reactive ketones (excluding diaryl/α,β-unsaturated/α-hetero) is 1. The van der Waals surface area contributed by atoms with Gasteiger partial charge < -0.3 is 19.9 Å². The molecular formula is C32H27F2N3O5. The second kappa shape index (κ2) is 11.8. The number of ether oxygens (including phenoxy) is 3. The molecule has 3 aromatic carbocycles. The van der Waals surface area contributed by atoms with Crippen LogP contribution >= 0.6 is 0 Å². The minimum Gasteiger partial charge on any atom is -0.493 e. The Morgan fingerprint density at radius 2 is 1.62 bits per heavy atom. The van der Waals surface area contributed by atoms with E-state index in [1.54, 1.807) is 31.2 Å². The minimum absolute atomic E-state index is 0.0344. The number of fused-ring (bicyclic) bond motifs is 1. The fourth-order valence-corrected chi connectivity index (χ4v) is 4.77. The number of pyridine rings is 2. The second-order valence-electron chi connectivity index (χ2n) is 9.51. The van der Waals surface area contributed by atoms with Crippen molar-refractivity contribution in [1.29, 1.82) is 0 Å². The third kappa shape index (κ3) is 5.44. The van der Waals surface area contributed by atoms with Crippen LogP contribution in [0, 0.1) is 18.6 Å². The monoisotopic (exact) mass is 571 g/mol. The fourth-order valence-electron chi connectivity index (χ4n) is 4.77. The Balaban J connectivity index is 1.43. The molecule has 0 spiro atoms. The molecule has 0 aliphatic rings. The molecule has 2 heterocycles. The van der Waals surface area contributed by atoms with E-state index < -0.39 is 23.0 Å². The van der Waals surface area contributed by atoms with E-state index in [9.17, 15) is 14.0 Å². The highest BCUT2D eigenvalue weighted by molar-refractivity contribution is 5.97. The van der Waals surface area contributed by atoms with Crippen molar-refractivity contribution in [2.45, 2.75) is 19.9 Å². The number of aryl methyl sites for hydroxylation is 1. The van der Waals surface area contributed by atoms with Crippen LogP contribution in [0.1, 0.15) is 27.2 Å². The van der Waals surface area contributed by atoms with Crippen molar-refractivity contribution in [2.75, 3.05) is 14.2 Å². The molecule has 0 aliphatic heterocycles. The van der Waals surface area contributed by atoms with Crippen molar-refractivity contribution in [3.8, 4) is 28.7 Å². The summed E-state index contributed by atoms with van der Waals surface area (Å²) < 4.78 is 46.6. The predicted octanol–water partition coefficient (Wildman–Crippen LogP) is 5.67. The summed E-state index contributed by atoms with van der Waals surface area (Å²) in [6.45, 7) is 1.77. The average Bonchev–Trinajstić information content (AvgIpc) is 2.99. The lowest BCUT2D eigenvalue weighted by Gasteiger charge is -2.16. The first-order chi connectivity index (χ1) is 20.2. The number of carbonyl (C=O) groups is 1. The lowest BCUT2D eigenvalue weighted by Crippen LogP contribution is -2.30. The van der Waals surface area contributed by atoms with Crippen molar-refractivity contribution >= 4 is 16.7 Å². The van der Waals surface area contributed by atoms with Crippen LogP contribution in [0.4, 0.5) is 8.78 Å². The quantitative estimate of drug-likeness (QED) is 0.228. The first-order valence-electron chi connectivity index (χ1n) is 13.0. The van der Waals surface area contributed by atoms with Gasteiger partial charge in [0.25, 0.3) is 5.56 Å². The number of aromatic nitrogens is 2. The first kappa shape index (κ1) is 28.4. The van der Waals surface area contributed by atoms with Crippen molar-refractivity contribution in [2.24, 2.45) is 5.73 Å². The van der Waals surface area contributed by atoms with Gasteiger partial charge >= 0.3 is 0 Å². The molecule has 2 N–H and O–H groups in total. The molecule has 0 bridgehead atoms. The number of carbonyl (C=O) groups excluding carboxylic acids is 1. The molecule has 2 aromatic heterocycles. The van der Waals surface area contributed by atoms with E-state index >= 15 is 4.39 Å². The number of halogens is 2. The molecular weight excluding hydrogens is 544 g/mol. The molecule has 0 atom stereocenters. The summed E-state index contributed by atoms with van der Waals surface area (Å²) in [6, 6.07) is 16.0. The summed E-state index contributed by atoms with van der Waals surface area (Å²) in [4.78, 5) is 31.0. The Kier molecular flexibility index (Phi) is 7.99. The van der Waals surface area contributed by atoms with Crippen molar-refractivity contribution in [1.82, 2.24) is 9.55 Å². The SMILES string of the molecule is COc1cc2nccc(Oc3ccc(CC(=O)c4cc(C)c(CN)n(-c5ccc(F)cc5)c4=O)cc3F)c2cc1OC. The zero-order valence-corrected chi connectivity index (χ0v) is 23.1. The van der Waals surface area contributed by atoms with Crippen molar-refractivity contribution in [3.63, 3.8) is 0 Å². The molecule has 0 radical (unpaired) electrons. The normalized spacial score (nSPS) is 11.0. The molecule has 0 unspecified atom stereocenters. The van der Waals surface area contributed by atoms with E-state index in [4.69, 9.17) is 19.9 Å². The van der Waals surface area contributed by atoms with Crippen LogP contribution in [-0.2, 0) is 13.0 Å². The molecule has 0 amide bonds. The third-order valence-electron chi connectivity index (χ3n) is 6.89. The Labute approximate surface area is 239 Å². The molecule has 8 nitrogen and oxygen atoms in total. The molecule has 0 saturated heterocycles. The van der Waals surface area contributed by atoms with Gasteiger partial charge in [-0.15, -0.1) is 0 Å². The van der Waals surface area contributed by atoms with E-state index in [0.717, 1.165) is 0 Å². The van der Waals surface area contributed by atoms with Gasteiger partial charge in [-0.25, -0.2) is 8.78 Å². The average molecular weight is 572 g/mol. The molecule has 0 saturated carbocycles. The Bertz CT molecular complexity index is 1870. The van der Waals surface area contributed by atoms with Gasteiger partial charge in [0.2, 0.25) is 0 Å². The number of ketones is 1. The van der Waals surface area contributed by atoms with Crippen LogP contribution in [0.15, 0.2) is 77.7 Å². The summed E-state index contributed by atoms with van der Waals surface area (Å²) in [6.07, 6.45) is 1.30. The van der Waals surface area contributed by atoms with Crippen LogP contribution in [0.2, 0.25) is 0 Å². The number of benzene rings is 3. The van der Waals surface area contributed by atoms with Gasteiger partial charge in [-0.3, -0.25) is 19.1 Å². The zero-order chi connectivity index (χ0) is 30.0. The van der Waals surface area contributed by atoms with Crippen molar-refractivity contribution < 1.29 is 27.8 Å². The Morgan fingerprint density at radius 1 is 0.905 bits per heavy atom. The minimum atomic E-state index is -0.691. The van der Waals surface area contributed by atoms with Gasteiger partial charge in [0.1, 0.15) is 11.6 Å². The number of hydrogen-bond acceptors (Lipinski definition) is 7.